The maximum atomic E-state index is 12.3. The molecule has 0 unspecified atom stereocenters. The van der Waals surface area contributed by atoms with Crippen LogP contribution in [0.3, 0.4) is 0 Å². The van der Waals surface area contributed by atoms with Crippen molar-refractivity contribution in [3.05, 3.63) is 64.7 Å². The van der Waals surface area contributed by atoms with E-state index in [0.29, 0.717) is 17.1 Å². The van der Waals surface area contributed by atoms with Gasteiger partial charge in [-0.05, 0) is 54.8 Å². The number of benzene rings is 2. The molecule has 0 saturated heterocycles. The lowest BCUT2D eigenvalue weighted by atomic mass is 10.0. The third-order valence-electron chi connectivity index (χ3n) is 3.63. The quantitative estimate of drug-likeness (QED) is 0.612. The van der Waals surface area contributed by atoms with Crippen molar-refractivity contribution in [3.63, 3.8) is 0 Å². The van der Waals surface area contributed by atoms with E-state index in [1.165, 1.54) is 11.1 Å². The number of ketones is 1. The Bertz CT molecular complexity index is 715. The van der Waals surface area contributed by atoms with Crippen LogP contribution in [0.15, 0.2) is 42.5 Å². The Balaban J connectivity index is 2.21. The first-order valence-corrected chi connectivity index (χ1v) is 7.07. The summed E-state index contributed by atoms with van der Waals surface area (Å²) in [5.74, 6) is 1.09. The molecule has 3 heteroatoms. The van der Waals surface area contributed by atoms with E-state index in [2.05, 4.69) is 26.0 Å². The summed E-state index contributed by atoms with van der Waals surface area (Å²) in [7, 11) is 3.12. The van der Waals surface area contributed by atoms with Crippen LogP contribution in [0.5, 0.6) is 11.5 Å². The van der Waals surface area contributed by atoms with Gasteiger partial charge >= 0.3 is 0 Å². The Morgan fingerprint density at radius 1 is 0.909 bits per heavy atom. The van der Waals surface area contributed by atoms with Crippen LogP contribution in [0.25, 0.3) is 6.08 Å². The van der Waals surface area contributed by atoms with Crippen LogP contribution in [0, 0.1) is 13.8 Å². The van der Waals surface area contributed by atoms with Crippen LogP contribution in [-0.2, 0) is 0 Å². The first-order chi connectivity index (χ1) is 10.5. The molecule has 0 heterocycles. The second kappa shape index (κ2) is 6.94. The number of hydrogen-bond acceptors (Lipinski definition) is 3. The average Bonchev–Trinajstić information content (AvgIpc) is 2.54. The van der Waals surface area contributed by atoms with Gasteiger partial charge in [0, 0.05) is 5.56 Å². The predicted octanol–water partition coefficient (Wildman–Crippen LogP) is 4.22. The maximum Gasteiger partial charge on any atom is 0.185 e. The fourth-order valence-corrected chi connectivity index (χ4v) is 2.13. The molecule has 0 bridgehead atoms. The molecular formula is C19H20O3. The van der Waals surface area contributed by atoms with Gasteiger partial charge in [-0.25, -0.2) is 0 Å². The molecule has 2 aromatic carbocycles. The first kappa shape index (κ1) is 15.8. The Kier molecular flexibility index (Phi) is 4.99. The summed E-state index contributed by atoms with van der Waals surface area (Å²) in [6.07, 6.45) is 3.40. The summed E-state index contributed by atoms with van der Waals surface area (Å²) in [4.78, 5) is 12.3. The monoisotopic (exact) mass is 296 g/mol. The summed E-state index contributed by atoms with van der Waals surface area (Å²) < 4.78 is 10.4. The van der Waals surface area contributed by atoms with Crippen LogP contribution >= 0.6 is 0 Å². The van der Waals surface area contributed by atoms with Gasteiger partial charge in [-0.15, -0.1) is 0 Å². The number of hydrogen-bond donors (Lipinski definition) is 0. The molecule has 2 aromatic rings. The molecule has 0 aromatic heterocycles. The highest BCUT2D eigenvalue weighted by Gasteiger charge is 2.08. The first-order valence-electron chi connectivity index (χ1n) is 7.07. The number of carbonyl (C=O) groups is 1. The summed E-state index contributed by atoms with van der Waals surface area (Å²) in [6, 6.07) is 11.3. The molecule has 0 aliphatic heterocycles. The topological polar surface area (TPSA) is 35.5 Å². The third kappa shape index (κ3) is 3.55. The zero-order chi connectivity index (χ0) is 16.1. The van der Waals surface area contributed by atoms with Crippen molar-refractivity contribution in [1.82, 2.24) is 0 Å². The van der Waals surface area contributed by atoms with Crippen LogP contribution in [-0.4, -0.2) is 20.0 Å². The van der Waals surface area contributed by atoms with Crippen molar-refractivity contribution in [2.75, 3.05) is 14.2 Å². The van der Waals surface area contributed by atoms with Crippen molar-refractivity contribution in [1.29, 1.82) is 0 Å². The molecule has 22 heavy (non-hydrogen) atoms. The van der Waals surface area contributed by atoms with Gasteiger partial charge in [0.1, 0.15) is 0 Å². The lowest BCUT2D eigenvalue weighted by Gasteiger charge is -2.08. The smallest absolute Gasteiger partial charge is 0.185 e. The van der Waals surface area contributed by atoms with E-state index in [4.69, 9.17) is 9.47 Å². The minimum Gasteiger partial charge on any atom is -0.493 e. The van der Waals surface area contributed by atoms with Gasteiger partial charge in [0.05, 0.1) is 14.2 Å². The number of allylic oxidation sites excluding steroid dienone is 1. The third-order valence-corrected chi connectivity index (χ3v) is 3.63. The molecule has 0 radical (unpaired) electrons. The molecule has 0 atom stereocenters. The van der Waals surface area contributed by atoms with Gasteiger partial charge in [-0.3, -0.25) is 4.79 Å². The Morgan fingerprint density at radius 3 is 2.27 bits per heavy atom. The lowest BCUT2D eigenvalue weighted by Crippen LogP contribution is -1.97. The SMILES string of the molecule is COc1ccc(C(=O)C=Cc2ccc(C)c(C)c2)cc1OC. The Labute approximate surface area is 131 Å². The van der Waals surface area contributed by atoms with E-state index in [1.807, 2.05) is 12.1 Å². The molecule has 0 spiro atoms. The highest BCUT2D eigenvalue weighted by atomic mass is 16.5. The molecular weight excluding hydrogens is 276 g/mol. The minimum absolute atomic E-state index is 0.0702. The molecule has 0 amide bonds. The minimum atomic E-state index is -0.0702. The van der Waals surface area contributed by atoms with Gasteiger partial charge in [-0.2, -0.15) is 0 Å². The molecule has 3 nitrogen and oxygen atoms in total. The highest BCUT2D eigenvalue weighted by Crippen LogP contribution is 2.27. The van der Waals surface area contributed by atoms with E-state index in [9.17, 15) is 4.79 Å². The predicted molar refractivity (Wildman–Crippen MR) is 88.8 cm³/mol. The second-order valence-corrected chi connectivity index (χ2v) is 5.11. The highest BCUT2D eigenvalue weighted by molar-refractivity contribution is 6.07. The summed E-state index contributed by atoms with van der Waals surface area (Å²) in [5, 5.41) is 0. The van der Waals surface area contributed by atoms with E-state index < -0.39 is 0 Å². The number of methoxy groups -OCH3 is 2. The zero-order valence-corrected chi connectivity index (χ0v) is 13.3. The number of aryl methyl sites for hydroxylation is 2. The van der Waals surface area contributed by atoms with Crippen molar-refractivity contribution in [3.8, 4) is 11.5 Å². The number of rotatable bonds is 5. The van der Waals surface area contributed by atoms with Crippen molar-refractivity contribution in [2.24, 2.45) is 0 Å². The van der Waals surface area contributed by atoms with Crippen molar-refractivity contribution < 1.29 is 14.3 Å². The average molecular weight is 296 g/mol. The van der Waals surface area contributed by atoms with E-state index >= 15 is 0 Å². The molecule has 0 aliphatic rings. The van der Waals surface area contributed by atoms with Crippen molar-refractivity contribution >= 4 is 11.9 Å². The van der Waals surface area contributed by atoms with Gasteiger partial charge in [0.15, 0.2) is 17.3 Å². The number of carbonyl (C=O) groups excluding carboxylic acids is 1. The van der Waals surface area contributed by atoms with E-state index in [1.54, 1.807) is 38.5 Å². The summed E-state index contributed by atoms with van der Waals surface area (Å²) in [6.45, 7) is 4.13. The second-order valence-electron chi connectivity index (χ2n) is 5.11. The van der Waals surface area contributed by atoms with Gasteiger partial charge in [-0.1, -0.05) is 24.3 Å². The maximum absolute atomic E-state index is 12.3. The largest absolute Gasteiger partial charge is 0.493 e. The van der Waals surface area contributed by atoms with Gasteiger partial charge in [0.2, 0.25) is 0 Å². The van der Waals surface area contributed by atoms with Gasteiger partial charge < -0.3 is 9.47 Å². The molecule has 0 saturated carbocycles. The normalized spacial score (nSPS) is 10.7. The summed E-state index contributed by atoms with van der Waals surface area (Å²) in [5.41, 5.74) is 4.03. The molecule has 2 rings (SSSR count). The number of ether oxygens (including phenoxy) is 2. The summed E-state index contributed by atoms with van der Waals surface area (Å²) >= 11 is 0. The zero-order valence-electron chi connectivity index (χ0n) is 13.3. The fourth-order valence-electron chi connectivity index (χ4n) is 2.13. The van der Waals surface area contributed by atoms with Crippen LogP contribution in [0.2, 0.25) is 0 Å². The molecule has 0 aliphatic carbocycles. The van der Waals surface area contributed by atoms with Crippen LogP contribution in [0.4, 0.5) is 0 Å². The van der Waals surface area contributed by atoms with E-state index in [-0.39, 0.29) is 5.78 Å². The van der Waals surface area contributed by atoms with Crippen molar-refractivity contribution in [2.45, 2.75) is 13.8 Å². The molecule has 0 N–H and O–H groups in total. The Hall–Kier alpha value is -2.55. The van der Waals surface area contributed by atoms with E-state index in [0.717, 1.165) is 5.56 Å². The molecule has 0 fully saturated rings. The molecule has 114 valence electrons. The lowest BCUT2D eigenvalue weighted by molar-refractivity contribution is 0.104. The van der Waals surface area contributed by atoms with Crippen LogP contribution in [0.1, 0.15) is 27.0 Å². The van der Waals surface area contributed by atoms with Gasteiger partial charge in [0.25, 0.3) is 0 Å². The van der Waals surface area contributed by atoms with Crippen LogP contribution < -0.4 is 9.47 Å². The Morgan fingerprint density at radius 2 is 1.64 bits per heavy atom. The standard InChI is InChI=1S/C19H20O3/c1-13-5-6-15(11-14(13)2)7-9-17(20)16-8-10-18(21-3)19(12-16)22-4/h5-12H,1-4H3. The fraction of sp³-hybridized carbons (Fsp3) is 0.211.